The van der Waals surface area contributed by atoms with E-state index in [1.807, 2.05) is 6.92 Å². The topological polar surface area (TPSA) is 86.8 Å². The van der Waals surface area contributed by atoms with E-state index in [1.165, 1.54) is 23.4 Å². The first-order chi connectivity index (χ1) is 15.7. The lowest BCUT2D eigenvalue weighted by Crippen LogP contribution is -2.42. The molecule has 0 unspecified atom stereocenters. The zero-order valence-electron chi connectivity index (χ0n) is 18.8. The summed E-state index contributed by atoms with van der Waals surface area (Å²) in [6.45, 7) is 4.30. The number of amides is 2. The Bertz CT molecular complexity index is 1160. The lowest BCUT2D eigenvalue weighted by molar-refractivity contribution is -0.126. The van der Waals surface area contributed by atoms with Crippen molar-refractivity contribution < 1.29 is 22.4 Å². The van der Waals surface area contributed by atoms with E-state index in [0.717, 1.165) is 16.8 Å². The zero-order chi connectivity index (χ0) is 23.8. The minimum Gasteiger partial charge on any atom is -0.352 e. The number of hydrogen-bond donors (Lipinski definition) is 1. The molecule has 1 fully saturated rings. The summed E-state index contributed by atoms with van der Waals surface area (Å²) in [6.07, 6.45) is 1.50. The normalized spacial score (nSPS) is 19.4. The van der Waals surface area contributed by atoms with Crippen LogP contribution in [0.2, 0.25) is 0 Å². The molecule has 9 heteroatoms. The Labute approximate surface area is 193 Å². The van der Waals surface area contributed by atoms with Gasteiger partial charge in [-0.05, 0) is 67.6 Å². The van der Waals surface area contributed by atoms with Crippen molar-refractivity contribution in [3.8, 4) is 0 Å². The predicted molar refractivity (Wildman–Crippen MR) is 122 cm³/mol. The van der Waals surface area contributed by atoms with Crippen molar-refractivity contribution in [1.82, 2.24) is 9.62 Å². The molecule has 1 N–H and O–H groups in total. The molecule has 1 saturated heterocycles. The van der Waals surface area contributed by atoms with E-state index >= 15 is 0 Å². The largest absolute Gasteiger partial charge is 0.352 e. The number of hydrogen-bond acceptors (Lipinski definition) is 4. The molecule has 7 nitrogen and oxygen atoms in total. The van der Waals surface area contributed by atoms with Crippen LogP contribution in [0.25, 0.3) is 0 Å². The van der Waals surface area contributed by atoms with Crippen LogP contribution in [0.15, 0.2) is 47.4 Å². The van der Waals surface area contributed by atoms with Gasteiger partial charge >= 0.3 is 0 Å². The van der Waals surface area contributed by atoms with Crippen molar-refractivity contribution in [2.75, 3.05) is 18.0 Å². The molecule has 0 spiro atoms. The Morgan fingerprint density at radius 2 is 1.76 bits per heavy atom. The number of rotatable bonds is 5. The number of fused-ring (bicyclic) bond motifs is 1. The summed E-state index contributed by atoms with van der Waals surface area (Å²) in [6, 6.07) is 10.9. The van der Waals surface area contributed by atoms with E-state index in [-0.39, 0.29) is 47.6 Å². The second kappa shape index (κ2) is 9.23. The third-order valence-electron chi connectivity index (χ3n) is 6.45. The molecule has 0 radical (unpaired) electrons. The van der Waals surface area contributed by atoms with Gasteiger partial charge in [0.1, 0.15) is 5.82 Å². The van der Waals surface area contributed by atoms with Crippen molar-refractivity contribution in [1.29, 1.82) is 0 Å². The minimum absolute atomic E-state index is 0.000351. The Hall–Kier alpha value is -2.78. The van der Waals surface area contributed by atoms with Crippen LogP contribution in [0.4, 0.5) is 10.1 Å². The SMILES string of the molecule is CC(=O)N1c2ccc(S(=O)(=O)N3CCC(C(=O)NCc4ccc(F)cc4)CC3)cc2C[C@H]1C. The maximum atomic E-state index is 13.2. The van der Waals surface area contributed by atoms with Crippen LogP contribution in [0.5, 0.6) is 0 Å². The molecule has 33 heavy (non-hydrogen) atoms. The van der Waals surface area contributed by atoms with Gasteiger partial charge in [-0.3, -0.25) is 9.59 Å². The Kier molecular flexibility index (Phi) is 6.54. The number of anilines is 1. The second-order valence-corrected chi connectivity index (χ2v) is 10.7. The highest BCUT2D eigenvalue weighted by molar-refractivity contribution is 7.89. The summed E-state index contributed by atoms with van der Waals surface area (Å²) >= 11 is 0. The lowest BCUT2D eigenvalue weighted by Gasteiger charge is -2.30. The van der Waals surface area contributed by atoms with Crippen LogP contribution in [-0.4, -0.2) is 43.7 Å². The summed E-state index contributed by atoms with van der Waals surface area (Å²) in [5.41, 5.74) is 2.43. The van der Waals surface area contributed by atoms with Crippen LogP contribution in [-0.2, 0) is 32.6 Å². The van der Waals surface area contributed by atoms with E-state index in [9.17, 15) is 22.4 Å². The molecule has 0 aromatic heterocycles. The lowest BCUT2D eigenvalue weighted by atomic mass is 9.97. The Morgan fingerprint density at radius 3 is 2.39 bits per heavy atom. The quantitative estimate of drug-likeness (QED) is 0.724. The summed E-state index contributed by atoms with van der Waals surface area (Å²) < 4.78 is 40.9. The molecule has 2 aromatic carbocycles. The first-order valence-electron chi connectivity index (χ1n) is 11.1. The van der Waals surface area contributed by atoms with Crippen molar-refractivity contribution in [3.63, 3.8) is 0 Å². The number of carbonyl (C=O) groups excluding carboxylic acids is 2. The fourth-order valence-corrected chi connectivity index (χ4v) is 6.21. The van der Waals surface area contributed by atoms with Crippen LogP contribution < -0.4 is 10.2 Å². The summed E-state index contributed by atoms with van der Waals surface area (Å²) in [5, 5.41) is 2.86. The number of piperidine rings is 1. The van der Waals surface area contributed by atoms with Gasteiger partial charge < -0.3 is 10.2 Å². The van der Waals surface area contributed by atoms with E-state index in [2.05, 4.69) is 5.32 Å². The molecule has 2 heterocycles. The monoisotopic (exact) mass is 473 g/mol. The minimum atomic E-state index is -3.68. The van der Waals surface area contributed by atoms with E-state index in [0.29, 0.717) is 25.8 Å². The number of sulfonamides is 1. The molecular formula is C24H28FN3O4S. The molecule has 0 aliphatic carbocycles. The van der Waals surface area contributed by atoms with E-state index < -0.39 is 10.0 Å². The highest BCUT2D eigenvalue weighted by Gasteiger charge is 2.34. The first-order valence-corrected chi connectivity index (χ1v) is 12.6. The number of benzene rings is 2. The highest BCUT2D eigenvalue weighted by atomic mass is 32.2. The van der Waals surface area contributed by atoms with Crippen LogP contribution in [0, 0.1) is 11.7 Å². The third-order valence-corrected chi connectivity index (χ3v) is 8.34. The summed E-state index contributed by atoms with van der Waals surface area (Å²) in [4.78, 5) is 26.4. The Balaban J connectivity index is 1.37. The first kappa shape index (κ1) is 23.4. The smallest absolute Gasteiger partial charge is 0.243 e. The van der Waals surface area contributed by atoms with Gasteiger partial charge in [0.05, 0.1) is 4.90 Å². The standard InChI is InChI=1S/C24H28FN3O4S/c1-16-13-20-14-22(7-8-23(20)28(16)17(2)29)33(31,32)27-11-9-19(10-12-27)24(30)26-15-18-3-5-21(25)6-4-18/h3-8,14,16,19H,9-13,15H2,1-2H3,(H,26,30)/t16-/m1/s1. The van der Waals surface area contributed by atoms with Gasteiger partial charge in [-0.15, -0.1) is 0 Å². The number of halogens is 1. The molecule has 1 atom stereocenters. The predicted octanol–water partition coefficient (Wildman–Crippen LogP) is 2.84. The summed E-state index contributed by atoms with van der Waals surface area (Å²) in [5.74, 6) is -0.765. The Morgan fingerprint density at radius 1 is 1.09 bits per heavy atom. The fourth-order valence-electron chi connectivity index (χ4n) is 4.69. The van der Waals surface area contributed by atoms with Crippen molar-refractivity contribution in [2.45, 2.75) is 50.6 Å². The van der Waals surface area contributed by atoms with Gasteiger partial charge in [-0.1, -0.05) is 12.1 Å². The highest BCUT2D eigenvalue weighted by Crippen LogP contribution is 2.35. The molecule has 2 aromatic rings. The molecule has 2 amide bonds. The van der Waals surface area contributed by atoms with Crippen molar-refractivity contribution in [3.05, 3.63) is 59.4 Å². The van der Waals surface area contributed by atoms with Gasteiger partial charge in [0, 0.05) is 44.2 Å². The average molecular weight is 474 g/mol. The van der Waals surface area contributed by atoms with Crippen LogP contribution in [0.1, 0.15) is 37.8 Å². The fraction of sp³-hybridized carbons (Fsp3) is 0.417. The van der Waals surface area contributed by atoms with Crippen LogP contribution in [0.3, 0.4) is 0 Å². The maximum absolute atomic E-state index is 13.2. The van der Waals surface area contributed by atoms with Gasteiger partial charge in [-0.25, -0.2) is 12.8 Å². The van der Waals surface area contributed by atoms with Gasteiger partial charge in [-0.2, -0.15) is 4.31 Å². The van der Waals surface area contributed by atoms with E-state index in [1.54, 1.807) is 35.2 Å². The van der Waals surface area contributed by atoms with Gasteiger partial charge in [0.25, 0.3) is 0 Å². The molecule has 2 aliphatic heterocycles. The molecule has 0 saturated carbocycles. The summed E-state index contributed by atoms with van der Waals surface area (Å²) in [7, 11) is -3.68. The molecule has 2 aliphatic rings. The molecule has 4 rings (SSSR count). The van der Waals surface area contributed by atoms with E-state index in [4.69, 9.17) is 0 Å². The molecular weight excluding hydrogens is 445 g/mol. The number of carbonyl (C=O) groups is 2. The zero-order valence-corrected chi connectivity index (χ0v) is 19.6. The van der Waals surface area contributed by atoms with Crippen molar-refractivity contribution in [2.24, 2.45) is 5.92 Å². The van der Waals surface area contributed by atoms with Gasteiger partial charge in [0.2, 0.25) is 21.8 Å². The maximum Gasteiger partial charge on any atom is 0.243 e. The van der Waals surface area contributed by atoms with Crippen molar-refractivity contribution >= 4 is 27.5 Å². The van der Waals surface area contributed by atoms with Gasteiger partial charge in [0.15, 0.2) is 0 Å². The number of nitrogens with one attached hydrogen (secondary N) is 1. The average Bonchev–Trinajstić information content (AvgIpc) is 3.13. The number of nitrogens with zero attached hydrogens (tertiary/aromatic N) is 2. The van der Waals surface area contributed by atoms with Crippen LogP contribution >= 0.6 is 0 Å². The molecule has 176 valence electrons. The second-order valence-electron chi connectivity index (χ2n) is 8.76. The third kappa shape index (κ3) is 4.79. The molecule has 0 bridgehead atoms.